The minimum Gasteiger partial charge on any atom is -0.383 e. The maximum Gasteiger partial charge on any atom is 0.234 e. The minimum absolute atomic E-state index is 0.0451. The number of guanidine groups is 1. The van der Waals surface area contributed by atoms with E-state index in [1.165, 1.54) is 0 Å². The van der Waals surface area contributed by atoms with Crippen molar-refractivity contribution in [2.75, 3.05) is 66.6 Å². The van der Waals surface area contributed by atoms with Gasteiger partial charge in [-0.25, -0.2) is 0 Å². The predicted octanol–water partition coefficient (Wildman–Crippen LogP) is -1.20. The van der Waals surface area contributed by atoms with E-state index in [2.05, 4.69) is 47.1 Å². The molecule has 0 bridgehead atoms. The number of piperazine rings is 1. The SMILES string of the molecule is CCc1nncn1CCNC(=NC)N1CCN(CC(=O)NCCOC)CC1. The van der Waals surface area contributed by atoms with Gasteiger partial charge in [-0.15, -0.1) is 10.2 Å². The van der Waals surface area contributed by atoms with Crippen LogP contribution in [0.3, 0.4) is 0 Å². The van der Waals surface area contributed by atoms with E-state index in [4.69, 9.17) is 4.74 Å². The number of methoxy groups -OCH3 is 1. The molecule has 1 aromatic rings. The molecule has 1 fully saturated rings. The van der Waals surface area contributed by atoms with Crippen LogP contribution in [0, 0.1) is 0 Å². The Hall–Kier alpha value is -2.20. The van der Waals surface area contributed by atoms with Crippen LogP contribution in [-0.2, 0) is 22.5 Å². The first kappa shape index (κ1) is 21.1. The summed E-state index contributed by atoms with van der Waals surface area (Å²) in [5.41, 5.74) is 0. The van der Waals surface area contributed by atoms with E-state index in [-0.39, 0.29) is 5.91 Å². The summed E-state index contributed by atoms with van der Waals surface area (Å²) in [4.78, 5) is 20.7. The molecule has 0 radical (unpaired) electrons. The van der Waals surface area contributed by atoms with Gasteiger partial charge in [0.25, 0.3) is 0 Å². The first-order chi connectivity index (χ1) is 13.2. The quantitative estimate of drug-likeness (QED) is 0.315. The van der Waals surface area contributed by atoms with Crippen LogP contribution >= 0.6 is 0 Å². The number of nitrogens with one attached hydrogen (secondary N) is 2. The van der Waals surface area contributed by atoms with E-state index in [0.29, 0.717) is 19.7 Å². The van der Waals surface area contributed by atoms with Crippen molar-refractivity contribution >= 4 is 11.9 Å². The highest BCUT2D eigenvalue weighted by Crippen LogP contribution is 2.02. The van der Waals surface area contributed by atoms with Crippen molar-refractivity contribution in [2.45, 2.75) is 19.9 Å². The van der Waals surface area contributed by atoms with Gasteiger partial charge >= 0.3 is 0 Å². The summed E-state index contributed by atoms with van der Waals surface area (Å²) in [6.07, 6.45) is 2.63. The summed E-state index contributed by atoms with van der Waals surface area (Å²) in [5.74, 6) is 1.93. The number of amides is 1. The summed E-state index contributed by atoms with van der Waals surface area (Å²) in [7, 11) is 3.43. The van der Waals surface area contributed by atoms with Gasteiger partial charge in [0, 0.05) is 66.4 Å². The number of aryl methyl sites for hydroxylation is 1. The largest absolute Gasteiger partial charge is 0.383 e. The topological polar surface area (TPSA) is 99.9 Å². The first-order valence-corrected chi connectivity index (χ1v) is 9.48. The molecule has 1 amide bonds. The van der Waals surface area contributed by atoms with Crippen molar-refractivity contribution in [3.8, 4) is 0 Å². The fourth-order valence-electron chi connectivity index (χ4n) is 3.03. The van der Waals surface area contributed by atoms with Gasteiger partial charge in [-0.2, -0.15) is 0 Å². The number of hydrogen-bond acceptors (Lipinski definition) is 6. The summed E-state index contributed by atoms with van der Waals surface area (Å²) in [6, 6.07) is 0. The zero-order valence-electron chi connectivity index (χ0n) is 16.6. The Morgan fingerprint density at radius 1 is 1.26 bits per heavy atom. The average molecular weight is 380 g/mol. The van der Waals surface area contributed by atoms with Crippen LogP contribution in [0.15, 0.2) is 11.3 Å². The van der Waals surface area contributed by atoms with Crippen molar-refractivity contribution < 1.29 is 9.53 Å². The van der Waals surface area contributed by atoms with Crippen molar-refractivity contribution in [2.24, 2.45) is 4.99 Å². The third-order valence-electron chi connectivity index (χ3n) is 4.53. The Bertz CT molecular complexity index is 596. The van der Waals surface area contributed by atoms with Gasteiger partial charge in [0.05, 0.1) is 13.2 Å². The van der Waals surface area contributed by atoms with Crippen molar-refractivity contribution in [3.63, 3.8) is 0 Å². The van der Waals surface area contributed by atoms with Crippen molar-refractivity contribution in [1.29, 1.82) is 0 Å². The number of ether oxygens (including phenoxy) is 1. The maximum absolute atomic E-state index is 11.9. The van der Waals surface area contributed by atoms with E-state index in [1.54, 1.807) is 20.5 Å². The molecule has 0 aliphatic carbocycles. The summed E-state index contributed by atoms with van der Waals surface area (Å²) < 4.78 is 7.00. The van der Waals surface area contributed by atoms with Gasteiger partial charge < -0.3 is 24.8 Å². The van der Waals surface area contributed by atoms with E-state index in [1.807, 2.05) is 0 Å². The highest BCUT2D eigenvalue weighted by molar-refractivity contribution is 5.80. The second kappa shape index (κ2) is 11.5. The third-order valence-corrected chi connectivity index (χ3v) is 4.53. The summed E-state index contributed by atoms with van der Waals surface area (Å²) >= 11 is 0. The molecule has 1 aromatic heterocycles. The standard InChI is InChI=1S/C17H32N8O2/c1-4-15-22-21-14-25(15)7-5-20-17(18-2)24-10-8-23(9-11-24)13-16(26)19-6-12-27-3/h14H,4-13H2,1-3H3,(H,18,20)(H,19,26). The van der Waals surface area contributed by atoms with Gasteiger partial charge in [-0.05, 0) is 0 Å². The number of rotatable bonds is 9. The molecule has 1 aliphatic heterocycles. The number of hydrogen-bond donors (Lipinski definition) is 2. The second-order valence-corrected chi connectivity index (χ2v) is 6.37. The molecule has 1 saturated heterocycles. The lowest BCUT2D eigenvalue weighted by molar-refractivity contribution is -0.122. The van der Waals surface area contributed by atoms with Crippen LogP contribution in [0.1, 0.15) is 12.7 Å². The predicted molar refractivity (Wildman–Crippen MR) is 104 cm³/mol. The fourth-order valence-corrected chi connectivity index (χ4v) is 3.03. The molecule has 0 aromatic carbocycles. The molecular formula is C17H32N8O2. The lowest BCUT2D eigenvalue weighted by atomic mass is 10.3. The Labute approximate surface area is 161 Å². The van der Waals surface area contributed by atoms with E-state index in [0.717, 1.165) is 57.5 Å². The van der Waals surface area contributed by atoms with Gasteiger partial charge in [0.2, 0.25) is 5.91 Å². The highest BCUT2D eigenvalue weighted by Gasteiger charge is 2.21. The molecule has 2 heterocycles. The number of carbonyl (C=O) groups excluding carboxylic acids is 1. The molecule has 10 heteroatoms. The van der Waals surface area contributed by atoms with Gasteiger partial charge in [-0.1, -0.05) is 6.92 Å². The molecule has 0 spiro atoms. The van der Waals surface area contributed by atoms with Crippen LogP contribution < -0.4 is 10.6 Å². The highest BCUT2D eigenvalue weighted by atomic mass is 16.5. The van der Waals surface area contributed by atoms with Crippen LogP contribution in [0.25, 0.3) is 0 Å². The number of carbonyl (C=O) groups is 1. The number of aliphatic imine (C=N–C) groups is 1. The van der Waals surface area contributed by atoms with Gasteiger partial charge in [0.1, 0.15) is 12.2 Å². The molecule has 2 rings (SSSR count). The Morgan fingerprint density at radius 2 is 2.04 bits per heavy atom. The summed E-state index contributed by atoms with van der Waals surface area (Å²) in [6.45, 7) is 8.52. The van der Waals surface area contributed by atoms with Crippen LogP contribution in [0.4, 0.5) is 0 Å². The Balaban J connectivity index is 1.69. The average Bonchev–Trinajstić information content (AvgIpc) is 3.14. The zero-order chi connectivity index (χ0) is 19.5. The van der Waals surface area contributed by atoms with Crippen LogP contribution in [-0.4, -0.2) is 103 Å². The van der Waals surface area contributed by atoms with Gasteiger partial charge in [-0.3, -0.25) is 14.7 Å². The molecule has 10 nitrogen and oxygen atoms in total. The summed E-state index contributed by atoms with van der Waals surface area (Å²) in [5, 5.41) is 14.3. The molecule has 1 aliphatic rings. The Kier molecular flexibility index (Phi) is 8.99. The lowest BCUT2D eigenvalue weighted by Gasteiger charge is -2.36. The molecule has 0 atom stereocenters. The van der Waals surface area contributed by atoms with Crippen LogP contribution in [0.2, 0.25) is 0 Å². The number of aromatic nitrogens is 3. The van der Waals surface area contributed by atoms with Crippen molar-refractivity contribution in [1.82, 2.24) is 35.2 Å². The Morgan fingerprint density at radius 3 is 2.70 bits per heavy atom. The second-order valence-electron chi connectivity index (χ2n) is 6.37. The first-order valence-electron chi connectivity index (χ1n) is 9.48. The van der Waals surface area contributed by atoms with E-state index >= 15 is 0 Å². The normalized spacial score (nSPS) is 15.8. The molecule has 152 valence electrons. The van der Waals surface area contributed by atoms with E-state index < -0.39 is 0 Å². The van der Waals surface area contributed by atoms with Crippen molar-refractivity contribution in [3.05, 3.63) is 12.2 Å². The molecule has 2 N–H and O–H groups in total. The van der Waals surface area contributed by atoms with Crippen LogP contribution in [0.5, 0.6) is 0 Å². The monoisotopic (exact) mass is 380 g/mol. The third kappa shape index (κ3) is 6.79. The van der Waals surface area contributed by atoms with E-state index in [9.17, 15) is 4.79 Å². The molecule has 0 unspecified atom stereocenters. The zero-order valence-corrected chi connectivity index (χ0v) is 16.6. The molecule has 0 saturated carbocycles. The number of nitrogens with zero attached hydrogens (tertiary/aromatic N) is 6. The molecule has 27 heavy (non-hydrogen) atoms. The maximum atomic E-state index is 11.9. The fraction of sp³-hybridized carbons (Fsp3) is 0.765. The van der Waals surface area contributed by atoms with Gasteiger partial charge in [0.15, 0.2) is 5.96 Å². The smallest absolute Gasteiger partial charge is 0.234 e. The molecular weight excluding hydrogens is 348 g/mol. The lowest BCUT2D eigenvalue weighted by Crippen LogP contribution is -2.54. The minimum atomic E-state index is 0.0451.